The molecule has 2 rings (SSSR count). The average molecular weight is 312 g/mol. The Bertz CT molecular complexity index is 463. The maximum absolute atomic E-state index is 6.05. The number of rotatable bonds is 4. The minimum absolute atomic E-state index is 0.167. The maximum atomic E-state index is 6.05. The SMILES string of the molecule is CCC1(COC)CN=C(N)N1c1cccc(Br)c1. The van der Waals surface area contributed by atoms with E-state index in [0.29, 0.717) is 19.1 Å². The van der Waals surface area contributed by atoms with Crippen LogP contribution in [0.15, 0.2) is 33.7 Å². The highest BCUT2D eigenvalue weighted by Gasteiger charge is 2.41. The molecule has 0 fully saturated rings. The van der Waals surface area contributed by atoms with Crippen molar-refractivity contribution in [3.05, 3.63) is 28.7 Å². The number of nitrogens with zero attached hydrogens (tertiary/aromatic N) is 2. The van der Waals surface area contributed by atoms with Gasteiger partial charge < -0.3 is 15.4 Å². The summed E-state index contributed by atoms with van der Waals surface area (Å²) in [5.74, 6) is 0.562. The first-order chi connectivity index (χ1) is 8.63. The van der Waals surface area contributed by atoms with Gasteiger partial charge in [0, 0.05) is 17.3 Å². The summed E-state index contributed by atoms with van der Waals surface area (Å²) in [6.07, 6.45) is 0.928. The van der Waals surface area contributed by atoms with E-state index in [-0.39, 0.29) is 5.54 Å². The first kappa shape index (κ1) is 13.4. The van der Waals surface area contributed by atoms with E-state index >= 15 is 0 Å². The Hall–Kier alpha value is -1.07. The van der Waals surface area contributed by atoms with E-state index < -0.39 is 0 Å². The molecule has 5 heteroatoms. The predicted molar refractivity (Wildman–Crippen MR) is 78.0 cm³/mol. The summed E-state index contributed by atoms with van der Waals surface area (Å²) in [5, 5.41) is 0. The van der Waals surface area contributed by atoms with Crippen LogP contribution in [0.25, 0.3) is 0 Å². The molecule has 98 valence electrons. The van der Waals surface area contributed by atoms with Gasteiger partial charge >= 0.3 is 0 Å². The Morgan fingerprint density at radius 1 is 1.56 bits per heavy atom. The molecule has 2 N–H and O–H groups in total. The van der Waals surface area contributed by atoms with Crippen molar-refractivity contribution in [2.45, 2.75) is 18.9 Å². The number of hydrogen-bond donors (Lipinski definition) is 1. The number of methoxy groups -OCH3 is 1. The first-order valence-corrected chi connectivity index (χ1v) is 6.77. The molecule has 0 bridgehead atoms. The van der Waals surface area contributed by atoms with E-state index in [2.05, 4.69) is 32.7 Å². The van der Waals surface area contributed by atoms with Gasteiger partial charge in [0.25, 0.3) is 0 Å². The van der Waals surface area contributed by atoms with Crippen molar-refractivity contribution in [2.24, 2.45) is 10.7 Å². The number of anilines is 1. The molecule has 1 unspecified atom stereocenters. The molecule has 0 amide bonds. The number of guanidine groups is 1. The van der Waals surface area contributed by atoms with Gasteiger partial charge in [-0.3, -0.25) is 4.99 Å². The molecule has 0 aromatic heterocycles. The van der Waals surface area contributed by atoms with Crippen LogP contribution in [-0.4, -0.2) is 31.8 Å². The molecule has 0 saturated heterocycles. The molecule has 1 aromatic rings. The lowest BCUT2D eigenvalue weighted by atomic mass is 9.95. The van der Waals surface area contributed by atoms with Crippen molar-refractivity contribution in [1.29, 1.82) is 0 Å². The molecule has 0 saturated carbocycles. The van der Waals surface area contributed by atoms with E-state index in [1.54, 1.807) is 7.11 Å². The summed E-state index contributed by atoms with van der Waals surface area (Å²) in [6.45, 7) is 3.42. The van der Waals surface area contributed by atoms with Crippen LogP contribution in [0.3, 0.4) is 0 Å². The van der Waals surface area contributed by atoms with Gasteiger partial charge in [0.15, 0.2) is 5.96 Å². The van der Waals surface area contributed by atoms with Gasteiger partial charge in [-0.15, -0.1) is 0 Å². The second kappa shape index (κ2) is 5.28. The largest absolute Gasteiger partial charge is 0.382 e. The van der Waals surface area contributed by atoms with E-state index in [4.69, 9.17) is 10.5 Å². The highest BCUT2D eigenvalue weighted by atomic mass is 79.9. The number of benzene rings is 1. The van der Waals surface area contributed by atoms with Gasteiger partial charge in [0.05, 0.1) is 18.7 Å². The highest BCUT2D eigenvalue weighted by Crippen LogP contribution is 2.32. The zero-order chi connectivity index (χ0) is 13.2. The summed E-state index contributed by atoms with van der Waals surface area (Å²) in [4.78, 5) is 6.48. The minimum Gasteiger partial charge on any atom is -0.382 e. The smallest absolute Gasteiger partial charge is 0.196 e. The Balaban J connectivity index is 2.41. The fourth-order valence-electron chi connectivity index (χ4n) is 2.38. The van der Waals surface area contributed by atoms with Crippen molar-refractivity contribution < 1.29 is 4.74 Å². The summed E-state index contributed by atoms with van der Waals surface area (Å²) in [5.41, 5.74) is 6.92. The Morgan fingerprint density at radius 3 is 2.94 bits per heavy atom. The summed E-state index contributed by atoms with van der Waals surface area (Å²) in [7, 11) is 1.71. The van der Waals surface area contributed by atoms with Crippen molar-refractivity contribution in [2.75, 3.05) is 25.2 Å². The summed E-state index contributed by atoms with van der Waals surface area (Å²) >= 11 is 3.49. The lowest BCUT2D eigenvalue weighted by Crippen LogP contribution is -2.54. The summed E-state index contributed by atoms with van der Waals surface area (Å²) < 4.78 is 6.40. The van der Waals surface area contributed by atoms with Gasteiger partial charge in [0.2, 0.25) is 0 Å². The molecule has 4 nitrogen and oxygen atoms in total. The molecule has 1 aliphatic heterocycles. The third-order valence-electron chi connectivity index (χ3n) is 3.38. The number of nitrogens with two attached hydrogens (primary N) is 1. The molecular weight excluding hydrogens is 294 g/mol. The van der Waals surface area contributed by atoms with Crippen LogP contribution in [0, 0.1) is 0 Å². The Kier molecular flexibility index (Phi) is 3.92. The molecule has 0 radical (unpaired) electrons. The van der Waals surface area contributed by atoms with Crippen molar-refractivity contribution in [1.82, 2.24) is 0 Å². The van der Waals surface area contributed by atoms with Crippen LogP contribution < -0.4 is 10.6 Å². The van der Waals surface area contributed by atoms with Crippen LogP contribution >= 0.6 is 15.9 Å². The molecule has 1 heterocycles. The van der Waals surface area contributed by atoms with Crippen LogP contribution in [0.5, 0.6) is 0 Å². The fraction of sp³-hybridized carbons (Fsp3) is 0.462. The monoisotopic (exact) mass is 311 g/mol. The standard InChI is InChI=1S/C13H18BrN3O/c1-3-13(9-18-2)8-16-12(15)17(13)11-6-4-5-10(14)7-11/h4-7H,3,8-9H2,1-2H3,(H2,15,16). The zero-order valence-corrected chi connectivity index (χ0v) is 12.3. The van der Waals surface area contributed by atoms with Crippen LogP contribution in [-0.2, 0) is 4.74 Å². The second-order valence-corrected chi connectivity index (χ2v) is 5.42. The molecular formula is C13H18BrN3O. The Morgan fingerprint density at radius 2 is 2.33 bits per heavy atom. The van der Waals surface area contributed by atoms with Gasteiger partial charge in [0.1, 0.15) is 0 Å². The van der Waals surface area contributed by atoms with E-state index in [0.717, 1.165) is 16.6 Å². The molecule has 0 aliphatic carbocycles. The van der Waals surface area contributed by atoms with Gasteiger partial charge in [-0.2, -0.15) is 0 Å². The van der Waals surface area contributed by atoms with Crippen LogP contribution in [0.4, 0.5) is 5.69 Å². The lowest BCUT2D eigenvalue weighted by molar-refractivity contribution is 0.138. The van der Waals surface area contributed by atoms with E-state index in [9.17, 15) is 0 Å². The lowest BCUT2D eigenvalue weighted by Gasteiger charge is -2.38. The molecule has 0 spiro atoms. The average Bonchev–Trinajstić information content (AvgIpc) is 2.68. The predicted octanol–water partition coefficient (Wildman–Crippen LogP) is 2.38. The highest BCUT2D eigenvalue weighted by molar-refractivity contribution is 9.10. The van der Waals surface area contributed by atoms with Crippen LogP contribution in [0.1, 0.15) is 13.3 Å². The molecule has 18 heavy (non-hydrogen) atoms. The number of halogens is 1. The normalized spacial score (nSPS) is 23.3. The zero-order valence-electron chi connectivity index (χ0n) is 10.7. The van der Waals surface area contributed by atoms with Gasteiger partial charge in [-0.05, 0) is 24.6 Å². The molecule has 1 aliphatic rings. The van der Waals surface area contributed by atoms with E-state index in [1.165, 1.54) is 0 Å². The van der Waals surface area contributed by atoms with E-state index in [1.807, 2.05) is 24.3 Å². The quantitative estimate of drug-likeness (QED) is 0.929. The summed E-state index contributed by atoms with van der Waals surface area (Å²) in [6, 6.07) is 8.08. The van der Waals surface area contributed by atoms with Crippen LogP contribution in [0.2, 0.25) is 0 Å². The first-order valence-electron chi connectivity index (χ1n) is 5.97. The fourth-order valence-corrected chi connectivity index (χ4v) is 2.77. The molecule has 1 atom stereocenters. The second-order valence-electron chi connectivity index (χ2n) is 4.50. The van der Waals surface area contributed by atoms with Crippen molar-refractivity contribution in [3.63, 3.8) is 0 Å². The van der Waals surface area contributed by atoms with Crippen molar-refractivity contribution >= 4 is 27.6 Å². The van der Waals surface area contributed by atoms with Gasteiger partial charge in [-0.25, -0.2) is 0 Å². The Labute approximate surface area is 116 Å². The minimum atomic E-state index is -0.167. The van der Waals surface area contributed by atoms with Gasteiger partial charge in [-0.1, -0.05) is 28.9 Å². The number of aliphatic imine (C=N–C) groups is 1. The topological polar surface area (TPSA) is 50.9 Å². The number of ether oxygens (including phenoxy) is 1. The third-order valence-corrected chi connectivity index (χ3v) is 3.87. The van der Waals surface area contributed by atoms with Crippen molar-refractivity contribution in [3.8, 4) is 0 Å². The maximum Gasteiger partial charge on any atom is 0.196 e. The molecule has 1 aromatic carbocycles. The number of hydrogen-bond acceptors (Lipinski definition) is 4. The third kappa shape index (κ3) is 2.24.